The first kappa shape index (κ1) is 19.2. The van der Waals surface area contributed by atoms with Crippen LogP contribution in [0.4, 0.5) is 0 Å². The second-order valence-corrected chi connectivity index (χ2v) is 5.17. The van der Waals surface area contributed by atoms with Gasteiger partial charge in [-0.2, -0.15) is 0 Å². The van der Waals surface area contributed by atoms with E-state index in [9.17, 15) is 4.79 Å². The highest BCUT2D eigenvalue weighted by atomic mass is 16.5. The molecular weight excluding hydrogens is 252 g/mol. The second kappa shape index (κ2) is 16.2. The van der Waals surface area contributed by atoms with Crippen molar-refractivity contribution in [1.82, 2.24) is 0 Å². The van der Waals surface area contributed by atoms with Gasteiger partial charge in [-0.05, 0) is 19.3 Å². The van der Waals surface area contributed by atoms with Gasteiger partial charge in [0.25, 0.3) is 0 Å². The number of carbonyl (C=O) groups is 1. The molecule has 3 heteroatoms. The fourth-order valence-corrected chi connectivity index (χ4v) is 1.98. The lowest BCUT2D eigenvalue weighted by atomic mass is 10.1. The molecule has 0 saturated carbocycles. The Morgan fingerprint density at radius 1 is 0.850 bits per heavy atom. The SMILES string of the molecule is C=CC(=O)OCCCCOCCCCCCCCCC. The van der Waals surface area contributed by atoms with Gasteiger partial charge in [-0.3, -0.25) is 0 Å². The van der Waals surface area contributed by atoms with Crippen LogP contribution < -0.4 is 0 Å². The standard InChI is InChI=1S/C17H32O3/c1-3-5-6-7-8-9-10-11-14-19-15-12-13-16-20-17(18)4-2/h4H,2-3,5-16H2,1H3. The summed E-state index contributed by atoms with van der Waals surface area (Å²) in [6, 6.07) is 0. The average Bonchev–Trinajstić information content (AvgIpc) is 2.47. The molecule has 0 aromatic heterocycles. The fraction of sp³-hybridized carbons (Fsp3) is 0.824. The molecule has 0 bridgehead atoms. The Morgan fingerprint density at radius 2 is 1.35 bits per heavy atom. The lowest BCUT2D eigenvalue weighted by molar-refractivity contribution is -0.137. The summed E-state index contributed by atoms with van der Waals surface area (Å²) < 4.78 is 10.4. The molecule has 0 atom stereocenters. The molecule has 0 amide bonds. The zero-order valence-corrected chi connectivity index (χ0v) is 13.2. The first-order valence-corrected chi connectivity index (χ1v) is 8.18. The Morgan fingerprint density at radius 3 is 1.95 bits per heavy atom. The van der Waals surface area contributed by atoms with E-state index >= 15 is 0 Å². The summed E-state index contributed by atoms with van der Waals surface area (Å²) in [5.41, 5.74) is 0. The third-order valence-corrected chi connectivity index (χ3v) is 3.24. The Balaban J connectivity index is 2.99. The molecule has 0 rings (SSSR count). The van der Waals surface area contributed by atoms with Gasteiger partial charge in [0.15, 0.2) is 0 Å². The van der Waals surface area contributed by atoms with Crippen LogP contribution in [0.5, 0.6) is 0 Å². The minimum absolute atomic E-state index is 0.343. The van der Waals surface area contributed by atoms with Gasteiger partial charge < -0.3 is 9.47 Å². The largest absolute Gasteiger partial charge is 0.463 e. The summed E-state index contributed by atoms with van der Waals surface area (Å²) in [7, 11) is 0. The van der Waals surface area contributed by atoms with E-state index in [0.717, 1.165) is 26.1 Å². The zero-order valence-electron chi connectivity index (χ0n) is 13.2. The predicted molar refractivity (Wildman–Crippen MR) is 83.8 cm³/mol. The molecule has 0 aliphatic carbocycles. The Kier molecular flexibility index (Phi) is 15.6. The van der Waals surface area contributed by atoms with Crippen LogP contribution in [-0.4, -0.2) is 25.8 Å². The maximum absolute atomic E-state index is 10.8. The molecule has 20 heavy (non-hydrogen) atoms. The molecule has 0 heterocycles. The van der Waals surface area contributed by atoms with Gasteiger partial charge in [0.1, 0.15) is 0 Å². The smallest absolute Gasteiger partial charge is 0.330 e. The van der Waals surface area contributed by atoms with E-state index in [1.807, 2.05) is 0 Å². The van der Waals surface area contributed by atoms with Crippen LogP contribution in [0.15, 0.2) is 12.7 Å². The summed E-state index contributed by atoms with van der Waals surface area (Å²) in [5.74, 6) is -0.343. The molecule has 0 radical (unpaired) electrons. The molecule has 0 N–H and O–H groups in total. The Bertz CT molecular complexity index is 226. The summed E-state index contributed by atoms with van der Waals surface area (Å²) in [6.45, 7) is 7.69. The van der Waals surface area contributed by atoms with Crippen molar-refractivity contribution in [3.63, 3.8) is 0 Å². The molecule has 3 nitrogen and oxygen atoms in total. The van der Waals surface area contributed by atoms with Crippen LogP contribution >= 0.6 is 0 Å². The van der Waals surface area contributed by atoms with Crippen molar-refractivity contribution < 1.29 is 14.3 Å². The number of esters is 1. The highest BCUT2D eigenvalue weighted by Gasteiger charge is 1.96. The third kappa shape index (κ3) is 15.2. The minimum atomic E-state index is -0.343. The van der Waals surface area contributed by atoms with Gasteiger partial charge in [0.05, 0.1) is 6.61 Å². The molecule has 118 valence electrons. The monoisotopic (exact) mass is 284 g/mol. The van der Waals surface area contributed by atoms with Gasteiger partial charge in [0, 0.05) is 19.3 Å². The van der Waals surface area contributed by atoms with E-state index in [2.05, 4.69) is 13.5 Å². The number of hydrogen-bond acceptors (Lipinski definition) is 3. The van der Waals surface area contributed by atoms with Crippen molar-refractivity contribution in [3.05, 3.63) is 12.7 Å². The van der Waals surface area contributed by atoms with E-state index in [-0.39, 0.29) is 5.97 Å². The predicted octanol–water partition coefficient (Wildman–Crippen LogP) is 4.65. The first-order chi connectivity index (χ1) is 9.81. The van der Waals surface area contributed by atoms with Crippen molar-refractivity contribution in [1.29, 1.82) is 0 Å². The number of unbranched alkanes of at least 4 members (excludes halogenated alkanes) is 8. The maximum atomic E-state index is 10.8. The summed E-state index contributed by atoms with van der Waals surface area (Å²) >= 11 is 0. The number of carbonyl (C=O) groups excluding carboxylic acids is 1. The molecule has 0 unspecified atom stereocenters. The average molecular weight is 284 g/mol. The van der Waals surface area contributed by atoms with Gasteiger partial charge in [0.2, 0.25) is 0 Å². The molecule has 0 aromatic carbocycles. The molecule has 0 aliphatic rings. The Hall–Kier alpha value is -0.830. The lowest BCUT2D eigenvalue weighted by Crippen LogP contribution is -2.03. The van der Waals surface area contributed by atoms with Crippen LogP contribution in [-0.2, 0) is 14.3 Å². The van der Waals surface area contributed by atoms with E-state index < -0.39 is 0 Å². The quantitative estimate of drug-likeness (QED) is 0.249. The van der Waals surface area contributed by atoms with E-state index in [4.69, 9.17) is 9.47 Å². The molecule has 0 saturated heterocycles. The number of ether oxygens (including phenoxy) is 2. The summed E-state index contributed by atoms with van der Waals surface area (Å²) in [6.07, 6.45) is 13.6. The molecule has 0 aliphatic heterocycles. The number of hydrogen-bond donors (Lipinski definition) is 0. The normalized spacial score (nSPS) is 10.4. The summed E-state index contributed by atoms with van der Waals surface area (Å²) in [4.78, 5) is 10.8. The molecule has 0 fully saturated rings. The molecule has 0 aromatic rings. The van der Waals surface area contributed by atoms with Crippen LogP contribution in [0.25, 0.3) is 0 Å². The highest BCUT2D eigenvalue weighted by molar-refractivity contribution is 5.81. The maximum Gasteiger partial charge on any atom is 0.330 e. The highest BCUT2D eigenvalue weighted by Crippen LogP contribution is 2.08. The number of rotatable bonds is 15. The lowest BCUT2D eigenvalue weighted by Gasteiger charge is -2.05. The van der Waals surface area contributed by atoms with Crippen molar-refractivity contribution >= 4 is 5.97 Å². The van der Waals surface area contributed by atoms with Gasteiger partial charge in [-0.1, -0.05) is 58.4 Å². The van der Waals surface area contributed by atoms with Crippen molar-refractivity contribution in [2.45, 2.75) is 71.1 Å². The van der Waals surface area contributed by atoms with Crippen molar-refractivity contribution in [2.24, 2.45) is 0 Å². The van der Waals surface area contributed by atoms with Gasteiger partial charge in [-0.15, -0.1) is 0 Å². The third-order valence-electron chi connectivity index (χ3n) is 3.24. The van der Waals surface area contributed by atoms with Crippen molar-refractivity contribution in [3.8, 4) is 0 Å². The summed E-state index contributed by atoms with van der Waals surface area (Å²) in [5, 5.41) is 0. The Labute approximate surface area is 124 Å². The van der Waals surface area contributed by atoms with Crippen LogP contribution in [0.1, 0.15) is 71.1 Å². The van der Waals surface area contributed by atoms with Gasteiger partial charge >= 0.3 is 5.97 Å². The zero-order chi connectivity index (χ0) is 14.9. The van der Waals surface area contributed by atoms with E-state index in [1.54, 1.807) is 0 Å². The van der Waals surface area contributed by atoms with E-state index in [0.29, 0.717) is 6.61 Å². The fourth-order valence-electron chi connectivity index (χ4n) is 1.98. The van der Waals surface area contributed by atoms with Crippen LogP contribution in [0.2, 0.25) is 0 Å². The molecular formula is C17H32O3. The topological polar surface area (TPSA) is 35.5 Å². The minimum Gasteiger partial charge on any atom is -0.463 e. The molecule has 0 spiro atoms. The second-order valence-electron chi connectivity index (χ2n) is 5.17. The first-order valence-electron chi connectivity index (χ1n) is 8.18. The van der Waals surface area contributed by atoms with E-state index in [1.165, 1.54) is 57.4 Å². The van der Waals surface area contributed by atoms with Crippen LogP contribution in [0.3, 0.4) is 0 Å². The van der Waals surface area contributed by atoms with Gasteiger partial charge in [-0.25, -0.2) is 4.79 Å². The van der Waals surface area contributed by atoms with Crippen molar-refractivity contribution in [2.75, 3.05) is 19.8 Å². The van der Waals surface area contributed by atoms with Crippen LogP contribution in [0, 0.1) is 0 Å².